The molecular weight excluding hydrogens is 234 g/mol. The molecule has 1 aromatic carbocycles. The Labute approximate surface area is 116 Å². The molecule has 1 N–H and O–H groups in total. The first-order valence-electron chi connectivity index (χ1n) is 7.71. The summed E-state index contributed by atoms with van der Waals surface area (Å²) in [6.45, 7) is 3.23. The molecule has 0 saturated carbocycles. The van der Waals surface area contributed by atoms with E-state index in [1.807, 2.05) is 6.07 Å². The van der Waals surface area contributed by atoms with Crippen LogP contribution in [-0.2, 0) is 6.42 Å². The summed E-state index contributed by atoms with van der Waals surface area (Å²) < 4.78 is 0. The van der Waals surface area contributed by atoms with Crippen LogP contribution in [0.25, 0.3) is 0 Å². The average Bonchev–Trinajstić information content (AvgIpc) is 2.89. The first-order chi connectivity index (χ1) is 9.31. The Kier molecular flexibility index (Phi) is 5.44. The van der Waals surface area contributed by atoms with Crippen molar-refractivity contribution in [2.24, 2.45) is 0 Å². The molecule has 0 spiro atoms. The van der Waals surface area contributed by atoms with Gasteiger partial charge in [-0.1, -0.05) is 39.0 Å². The minimum Gasteiger partial charge on any atom is -0.384 e. The first-order valence-corrected chi connectivity index (χ1v) is 7.71. The summed E-state index contributed by atoms with van der Waals surface area (Å²) in [6.07, 6.45) is 9.18. The molecule has 0 amide bonds. The van der Waals surface area contributed by atoms with E-state index >= 15 is 0 Å². The number of fused-ring (bicyclic) bond motifs is 1. The fourth-order valence-corrected chi connectivity index (χ4v) is 2.69. The lowest BCUT2D eigenvalue weighted by atomic mass is 10.0. The zero-order chi connectivity index (χ0) is 13.5. The second-order valence-corrected chi connectivity index (χ2v) is 5.49. The summed E-state index contributed by atoms with van der Waals surface area (Å²) in [5.74, 6) is 0.310. The van der Waals surface area contributed by atoms with Gasteiger partial charge in [0.2, 0.25) is 0 Å². The fraction of sp³-hybridized carbons (Fsp3) is 0.588. The Morgan fingerprint density at radius 1 is 1.16 bits per heavy atom. The monoisotopic (exact) mass is 259 g/mol. The average molecular weight is 259 g/mol. The van der Waals surface area contributed by atoms with Gasteiger partial charge in [-0.3, -0.25) is 4.79 Å². The van der Waals surface area contributed by atoms with Crippen LogP contribution in [0.5, 0.6) is 0 Å². The number of hydrogen-bond acceptors (Lipinski definition) is 2. The van der Waals surface area contributed by atoms with Gasteiger partial charge in [-0.15, -0.1) is 0 Å². The Morgan fingerprint density at radius 3 is 2.79 bits per heavy atom. The summed E-state index contributed by atoms with van der Waals surface area (Å²) in [7, 11) is 0. The molecule has 0 aliphatic carbocycles. The smallest absolute Gasteiger partial charge is 0.162 e. The number of unbranched alkanes of at least 4 members (excludes halogenated alkanes) is 5. The second-order valence-electron chi connectivity index (χ2n) is 5.49. The van der Waals surface area contributed by atoms with Gasteiger partial charge in [0, 0.05) is 24.2 Å². The van der Waals surface area contributed by atoms with Crippen molar-refractivity contribution in [3.8, 4) is 0 Å². The van der Waals surface area contributed by atoms with Crippen molar-refractivity contribution in [3.05, 3.63) is 29.3 Å². The SMILES string of the molecule is CCCCCCCCC(=O)c1ccc2c(c1)CCN2. The molecule has 1 aliphatic rings. The molecule has 104 valence electrons. The number of carbonyl (C=O) groups is 1. The van der Waals surface area contributed by atoms with Crippen molar-refractivity contribution in [2.75, 3.05) is 11.9 Å². The lowest BCUT2D eigenvalue weighted by Crippen LogP contribution is -1.99. The minimum absolute atomic E-state index is 0.310. The first kappa shape index (κ1) is 14.1. The lowest BCUT2D eigenvalue weighted by Gasteiger charge is -2.04. The summed E-state index contributed by atoms with van der Waals surface area (Å²) in [6, 6.07) is 6.10. The molecule has 1 heterocycles. The Balaban J connectivity index is 1.74. The number of benzene rings is 1. The molecule has 19 heavy (non-hydrogen) atoms. The Morgan fingerprint density at radius 2 is 1.95 bits per heavy atom. The molecule has 1 aromatic rings. The largest absolute Gasteiger partial charge is 0.384 e. The molecule has 0 atom stereocenters. The van der Waals surface area contributed by atoms with Crippen LogP contribution in [0.4, 0.5) is 5.69 Å². The van der Waals surface area contributed by atoms with Gasteiger partial charge in [0.1, 0.15) is 0 Å². The molecule has 0 radical (unpaired) electrons. The maximum absolute atomic E-state index is 12.1. The normalized spacial score (nSPS) is 13.1. The van der Waals surface area contributed by atoms with Gasteiger partial charge in [-0.25, -0.2) is 0 Å². The molecular formula is C17H25NO. The van der Waals surface area contributed by atoms with Crippen LogP contribution in [0.2, 0.25) is 0 Å². The molecule has 2 rings (SSSR count). The standard InChI is InChI=1S/C17H25NO/c1-2-3-4-5-6-7-8-17(19)15-9-10-16-14(13-15)11-12-18-16/h9-10,13,18H,2-8,11-12H2,1H3. The predicted molar refractivity (Wildman–Crippen MR) is 81.0 cm³/mol. The lowest BCUT2D eigenvalue weighted by molar-refractivity contribution is 0.0979. The summed E-state index contributed by atoms with van der Waals surface area (Å²) >= 11 is 0. The van der Waals surface area contributed by atoms with Crippen LogP contribution < -0.4 is 5.32 Å². The van der Waals surface area contributed by atoms with Crippen molar-refractivity contribution in [2.45, 2.75) is 58.3 Å². The maximum atomic E-state index is 12.1. The highest BCUT2D eigenvalue weighted by atomic mass is 16.1. The number of hydrogen-bond donors (Lipinski definition) is 1. The van der Waals surface area contributed by atoms with E-state index < -0.39 is 0 Å². The Bertz CT molecular complexity index is 425. The van der Waals surface area contributed by atoms with Crippen LogP contribution in [0, 0.1) is 0 Å². The number of carbonyl (C=O) groups excluding carboxylic acids is 1. The van der Waals surface area contributed by atoms with E-state index in [9.17, 15) is 4.79 Å². The fourth-order valence-electron chi connectivity index (χ4n) is 2.69. The number of rotatable bonds is 8. The van der Waals surface area contributed by atoms with E-state index in [0.29, 0.717) is 12.2 Å². The third-order valence-electron chi connectivity index (χ3n) is 3.89. The van der Waals surface area contributed by atoms with E-state index in [1.54, 1.807) is 0 Å². The van der Waals surface area contributed by atoms with Gasteiger partial charge in [0.15, 0.2) is 5.78 Å². The van der Waals surface area contributed by atoms with Crippen LogP contribution in [-0.4, -0.2) is 12.3 Å². The van der Waals surface area contributed by atoms with Gasteiger partial charge in [0.05, 0.1) is 0 Å². The highest BCUT2D eigenvalue weighted by Crippen LogP contribution is 2.23. The van der Waals surface area contributed by atoms with E-state index in [2.05, 4.69) is 24.4 Å². The number of anilines is 1. The van der Waals surface area contributed by atoms with E-state index in [4.69, 9.17) is 0 Å². The molecule has 2 nitrogen and oxygen atoms in total. The highest BCUT2D eigenvalue weighted by molar-refractivity contribution is 5.96. The second kappa shape index (κ2) is 7.32. The summed E-state index contributed by atoms with van der Waals surface area (Å²) in [4.78, 5) is 12.1. The van der Waals surface area contributed by atoms with Crippen LogP contribution in [0.1, 0.15) is 67.8 Å². The molecule has 2 heteroatoms. The zero-order valence-electron chi connectivity index (χ0n) is 12.0. The molecule has 0 bridgehead atoms. The van der Waals surface area contributed by atoms with Crippen molar-refractivity contribution < 1.29 is 4.79 Å². The zero-order valence-corrected chi connectivity index (χ0v) is 12.0. The predicted octanol–water partition coefficient (Wildman–Crippen LogP) is 4.59. The van der Waals surface area contributed by atoms with Crippen molar-refractivity contribution >= 4 is 11.5 Å². The van der Waals surface area contributed by atoms with E-state index in [1.165, 1.54) is 43.4 Å². The topological polar surface area (TPSA) is 29.1 Å². The third-order valence-corrected chi connectivity index (χ3v) is 3.89. The molecule has 0 fully saturated rings. The van der Waals surface area contributed by atoms with Crippen LogP contribution in [0.3, 0.4) is 0 Å². The number of ketones is 1. The van der Waals surface area contributed by atoms with Gasteiger partial charge in [-0.2, -0.15) is 0 Å². The molecule has 0 unspecified atom stereocenters. The van der Waals surface area contributed by atoms with Crippen molar-refractivity contribution in [3.63, 3.8) is 0 Å². The van der Waals surface area contributed by atoms with Crippen molar-refractivity contribution in [1.82, 2.24) is 0 Å². The van der Waals surface area contributed by atoms with Gasteiger partial charge in [-0.05, 0) is 36.6 Å². The quantitative estimate of drug-likeness (QED) is 0.546. The van der Waals surface area contributed by atoms with E-state index in [-0.39, 0.29) is 0 Å². The summed E-state index contributed by atoms with van der Waals surface area (Å²) in [5, 5.41) is 3.33. The van der Waals surface area contributed by atoms with Gasteiger partial charge >= 0.3 is 0 Å². The highest BCUT2D eigenvalue weighted by Gasteiger charge is 2.13. The van der Waals surface area contributed by atoms with E-state index in [0.717, 1.165) is 24.9 Å². The Hall–Kier alpha value is -1.31. The number of Topliss-reactive ketones (excluding diaryl/α,β-unsaturated/α-hetero) is 1. The molecule has 1 aliphatic heterocycles. The minimum atomic E-state index is 0.310. The van der Waals surface area contributed by atoms with Crippen LogP contribution >= 0.6 is 0 Å². The van der Waals surface area contributed by atoms with Gasteiger partial charge < -0.3 is 5.32 Å². The maximum Gasteiger partial charge on any atom is 0.162 e. The third kappa shape index (κ3) is 4.09. The molecule has 0 saturated heterocycles. The number of nitrogens with one attached hydrogen (secondary N) is 1. The molecule has 0 aromatic heterocycles. The van der Waals surface area contributed by atoms with Crippen molar-refractivity contribution in [1.29, 1.82) is 0 Å². The summed E-state index contributed by atoms with van der Waals surface area (Å²) in [5.41, 5.74) is 3.40. The van der Waals surface area contributed by atoms with Crippen LogP contribution in [0.15, 0.2) is 18.2 Å². The van der Waals surface area contributed by atoms with Gasteiger partial charge in [0.25, 0.3) is 0 Å².